The number of rotatable bonds is 2. The Balaban J connectivity index is 1.76. The molecule has 110 valence electrons. The Morgan fingerprint density at radius 3 is 3.00 bits per heavy atom. The molecule has 1 aliphatic heterocycles. The van der Waals surface area contributed by atoms with Gasteiger partial charge in [0.05, 0.1) is 0 Å². The van der Waals surface area contributed by atoms with Crippen LogP contribution in [0, 0.1) is 5.92 Å². The van der Waals surface area contributed by atoms with E-state index < -0.39 is 12.0 Å². The normalized spacial score (nSPS) is 28.8. The SMILES string of the molecule is O=C(O)C1CC2CCCCC2N1c1ccc2nnnn2n1. The van der Waals surface area contributed by atoms with E-state index in [9.17, 15) is 9.90 Å². The number of tetrazole rings is 1. The minimum absolute atomic E-state index is 0.265. The maximum atomic E-state index is 11.6. The van der Waals surface area contributed by atoms with Crippen molar-refractivity contribution in [2.24, 2.45) is 5.92 Å². The van der Waals surface area contributed by atoms with Crippen LogP contribution in [0.2, 0.25) is 0 Å². The van der Waals surface area contributed by atoms with Gasteiger partial charge in [0.2, 0.25) is 0 Å². The smallest absolute Gasteiger partial charge is 0.326 e. The number of carboxylic acid groups (broad SMARTS) is 1. The van der Waals surface area contributed by atoms with Crippen molar-refractivity contribution >= 4 is 17.4 Å². The van der Waals surface area contributed by atoms with Gasteiger partial charge in [-0.25, -0.2) is 4.79 Å². The number of carboxylic acids is 1. The zero-order valence-electron chi connectivity index (χ0n) is 11.5. The molecule has 2 aromatic heterocycles. The van der Waals surface area contributed by atoms with Crippen molar-refractivity contribution in [3.8, 4) is 0 Å². The highest BCUT2D eigenvalue weighted by Crippen LogP contribution is 2.41. The maximum absolute atomic E-state index is 11.6. The Kier molecular flexibility index (Phi) is 2.76. The molecule has 2 fully saturated rings. The van der Waals surface area contributed by atoms with Gasteiger partial charge in [-0.05, 0) is 47.7 Å². The fourth-order valence-corrected chi connectivity index (χ4v) is 3.79. The lowest BCUT2D eigenvalue weighted by Crippen LogP contribution is -2.43. The average molecular weight is 288 g/mol. The first kappa shape index (κ1) is 12.5. The number of fused-ring (bicyclic) bond motifs is 2. The second-order valence-electron chi connectivity index (χ2n) is 5.83. The molecule has 1 saturated carbocycles. The van der Waals surface area contributed by atoms with E-state index in [4.69, 9.17) is 0 Å². The van der Waals surface area contributed by atoms with Crippen LogP contribution in [0.4, 0.5) is 5.82 Å². The summed E-state index contributed by atoms with van der Waals surface area (Å²) in [6.07, 6.45) is 5.19. The summed E-state index contributed by atoms with van der Waals surface area (Å²) in [4.78, 5) is 13.6. The molecule has 2 aromatic rings. The predicted molar refractivity (Wildman–Crippen MR) is 72.8 cm³/mol. The van der Waals surface area contributed by atoms with Gasteiger partial charge in [0.15, 0.2) is 11.5 Å². The molecule has 1 aliphatic carbocycles. The number of aliphatic carboxylic acids is 1. The van der Waals surface area contributed by atoms with Gasteiger partial charge in [0.25, 0.3) is 0 Å². The van der Waals surface area contributed by atoms with Gasteiger partial charge in [-0.1, -0.05) is 12.8 Å². The molecule has 21 heavy (non-hydrogen) atoms. The van der Waals surface area contributed by atoms with Crippen LogP contribution in [0.1, 0.15) is 32.1 Å². The van der Waals surface area contributed by atoms with Crippen LogP contribution in [0.5, 0.6) is 0 Å². The molecule has 0 bridgehead atoms. The standard InChI is InChI=1S/C13H16N6O2/c20-13(21)10-7-8-3-1-2-4-9(8)18(10)12-6-5-11-14-16-17-19(11)15-12/h5-6,8-10H,1-4,7H2,(H,20,21). The van der Waals surface area contributed by atoms with Gasteiger partial charge in [-0.2, -0.15) is 0 Å². The Labute approximate surface area is 120 Å². The number of carbonyl (C=O) groups is 1. The van der Waals surface area contributed by atoms with Crippen LogP contribution >= 0.6 is 0 Å². The number of nitrogens with zero attached hydrogens (tertiary/aromatic N) is 6. The second-order valence-corrected chi connectivity index (χ2v) is 5.83. The van der Waals surface area contributed by atoms with Crippen molar-refractivity contribution in [2.75, 3.05) is 4.90 Å². The fourth-order valence-electron chi connectivity index (χ4n) is 3.79. The van der Waals surface area contributed by atoms with Gasteiger partial charge in [0.1, 0.15) is 6.04 Å². The molecule has 2 aliphatic rings. The van der Waals surface area contributed by atoms with Crippen LogP contribution in [0.15, 0.2) is 12.1 Å². The minimum atomic E-state index is -0.775. The molecule has 3 heterocycles. The van der Waals surface area contributed by atoms with Gasteiger partial charge in [-0.15, -0.1) is 14.8 Å². The molecule has 0 aromatic carbocycles. The minimum Gasteiger partial charge on any atom is -0.480 e. The van der Waals surface area contributed by atoms with E-state index in [2.05, 4.69) is 20.6 Å². The molecule has 8 nitrogen and oxygen atoms in total. The summed E-state index contributed by atoms with van der Waals surface area (Å²) in [5.41, 5.74) is 0.560. The van der Waals surface area contributed by atoms with E-state index in [-0.39, 0.29) is 6.04 Å². The highest BCUT2D eigenvalue weighted by Gasteiger charge is 2.46. The van der Waals surface area contributed by atoms with Crippen molar-refractivity contribution in [1.82, 2.24) is 25.3 Å². The zero-order valence-corrected chi connectivity index (χ0v) is 11.5. The monoisotopic (exact) mass is 288 g/mol. The molecule has 0 spiro atoms. The molecule has 0 amide bonds. The van der Waals surface area contributed by atoms with E-state index >= 15 is 0 Å². The van der Waals surface area contributed by atoms with E-state index in [1.807, 2.05) is 11.0 Å². The van der Waals surface area contributed by atoms with Crippen LogP contribution in [-0.4, -0.2) is 48.4 Å². The third-order valence-corrected chi connectivity index (χ3v) is 4.69. The van der Waals surface area contributed by atoms with Gasteiger partial charge in [-0.3, -0.25) is 0 Å². The van der Waals surface area contributed by atoms with Gasteiger partial charge in [0, 0.05) is 6.04 Å². The summed E-state index contributed by atoms with van der Waals surface area (Å²) < 4.78 is 1.35. The van der Waals surface area contributed by atoms with E-state index in [0.717, 1.165) is 19.3 Å². The highest BCUT2D eigenvalue weighted by molar-refractivity contribution is 5.79. The summed E-state index contributed by atoms with van der Waals surface area (Å²) in [6, 6.07) is 3.36. The number of aromatic nitrogens is 5. The highest BCUT2D eigenvalue weighted by atomic mass is 16.4. The van der Waals surface area contributed by atoms with Crippen LogP contribution in [0.25, 0.3) is 5.65 Å². The van der Waals surface area contributed by atoms with E-state index in [1.165, 1.54) is 11.1 Å². The molecule has 1 saturated heterocycles. The third kappa shape index (κ3) is 1.93. The first-order chi connectivity index (χ1) is 10.2. The largest absolute Gasteiger partial charge is 0.480 e. The summed E-state index contributed by atoms with van der Waals surface area (Å²) in [7, 11) is 0. The van der Waals surface area contributed by atoms with Crippen LogP contribution in [-0.2, 0) is 4.79 Å². The molecular formula is C13H16N6O2. The van der Waals surface area contributed by atoms with Crippen molar-refractivity contribution in [1.29, 1.82) is 0 Å². The topological polar surface area (TPSA) is 96.5 Å². The lowest BCUT2D eigenvalue weighted by Gasteiger charge is -2.33. The fraction of sp³-hybridized carbons (Fsp3) is 0.615. The first-order valence-corrected chi connectivity index (χ1v) is 7.30. The molecular weight excluding hydrogens is 272 g/mol. The van der Waals surface area contributed by atoms with Crippen LogP contribution in [0.3, 0.4) is 0 Å². The lowest BCUT2D eigenvalue weighted by molar-refractivity contribution is -0.138. The Morgan fingerprint density at radius 1 is 1.29 bits per heavy atom. The molecule has 3 atom stereocenters. The molecule has 8 heteroatoms. The lowest BCUT2D eigenvalue weighted by atomic mass is 9.85. The molecule has 4 rings (SSSR count). The van der Waals surface area contributed by atoms with Crippen molar-refractivity contribution in [2.45, 2.75) is 44.2 Å². The van der Waals surface area contributed by atoms with Crippen molar-refractivity contribution in [3.05, 3.63) is 12.1 Å². The second kappa shape index (κ2) is 4.64. The average Bonchev–Trinajstić information content (AvgIpc) is 3.10. The number of hydrogen-bond donors (Lipinski definition) is 1. The summed E-state index contributed by atoms with van der Waals surface area (Å²) in [5.74, 6) is 0.325. The molecule has 3 unspecified atom stereocenters. The van der Waals surface area contributed by atoms with Crippen LogP contribution < -0.4 is 4.90 Å². The van der Waals surface area contributed by atoms with E-state index in [0.29, 0.717) is 23.8 Å². The van der Waals surface area contributed by atoms with Crippen molar-refractivity contribution in [3.63, 3.8) is 0 Å². The summed E-state index contributed by atoms with van der Waals surface area (Å²) >= 11 is 0. The predicted octanol–water partition coefficient (Wildman–Crippen LogP) is 0.741. The summed E-state index contributed by atoms with van der Waals surface area (Å²) in [6.45, 7) is 0. The Hall–Kier alpha value is -2.25. The quantitative estimate of drug-likeness (QED) is 0.870. The maximum Gasteiger partial charge on any atom is 0.326 e. The van der Waals surface area contributed by atoms with Gasteiger partial charge >= 0.3 is 5.97 Å². The number of anilines is 1. The molecule has 1 N–H and O–H groups in total. The first-order valence-electron chi connectivity index (χ1n) is 7.30. The molecule has 0 radical (unpaired) electrons. The van der Waals surface area contributed by atoms with Crippen molar-refractivity contribution < 1.29 is 9.90 Å². The van der Waals surface area contributed by atoms with Gasteiger partial charge < -0.3 is 10.0 Å². The number of hydrogen-bond acceptors (Lipinski definition) is 6. The summed E-state index contributed by atoms with van der Waals surface area (Å²) in [5, 5.41) is 25.1. The Morgan fingerprint density at radius 2 is 2.14 bits per heavy atom. The Bertz CT molecular complexity index is 686. The third-order valence-electron chi connectivity index (χ3n) is 4.69. The van der Waals surface area contributed by atoms with E-state index in [1.54, 1.807) is 6.07 Å². The zero-order chi connectivity index (χ0) is 14.4.